The summed E-state index contributed by atoms with van der Waals surface area (Å²) < 4.78 is 0. The van der Waals surface area contributed by atoms with Crippen molar-refractivity contribution in [3.8, 4) is 0 Å². The van der Waals surface area contributed by atoms with E-state index < -0.39 is 0 Å². The van der Waals surface area contributed by atoms with Crippen molar-refractivity contribution in [1.29, 1.82) is 0 Å². The lowest BCUT2D eigenvalue weighted by molar-refractivity contribution is -0.113. The molecule has 88 valence electrons. The molecule has 0 saturated heterocycles. The standard InChI is InChI=1S/C12H17NO2S/c1-6-10(12(13-4)16-5)7-11(15)8(2)9(3)14/h6-7,15H,2H2,1,3-5H3/b10-6+,11-7+,13-12-. The molecule has 0 aliphatic heterocycles. The Hall–Kier alpha value is -1.29. The van der Waals surface area contributed by atoms with Crippen molar-refractivity contribution in [2.45, 2.75) is 13.8 Å². The normalized spacial score (nSPS) is 13.9. The number of nitrogens with zero attached hydrogens (tertiary/aromatic N) is 1. The maximum Gasteiger partial charge on any atom is 0.162 e. The Balaban J connectivity index is 5.13. The Kier molecular flexibility index (Phi) is 6.49. The van der Waals surface area contributed by atoms with Crippen molar-refractivity contribution in [2.75, 3.05) is 13.3 Å². The molecule has 0 amide bonds. The molecule has 1 N–H and O–H groups in total. The van der Waals surface area contributed by atoms with Crippen molar-refractivity contribution in [3.63, 3.8) is 0 Å². The van der Waals surface area contributed by atoms with E-state index in [9.17, 15) is 9.90 Å². The van der Waals surface area contributed by atoms with Gasteiger partial charge in [0.1, 0.15) is 5.76 Å². The lowest BCUT2D eigenvalue weighted by atomic mass is 10.1. The summed E-state index contributed by atoms with van der Waals surface area (Å²) in [6.07, 6.45) is 5.22. The molecule has 0 radical (unpaired) electrons. The smallest absolute Gasteiger partial charge is 0.162 e. The van der Waals surface area contributed by atoms with E-state index in [2.05, 4.69) is 11.6 Å². The lowest BCUT2D eigenvalue weighted by Crippen LogP contribution is -2.01. The van der Waals surface area contributed by atoms with Crippen molar-refractivity contribution >= 4 is 22.6 Å². The third kappa shape index (κ3) is 4.06. The van der Waals surface area contributed by atoms with Gasteiger partial charge >= 0.3 is 0 Å². The van der Waals surface area contributed by atoms with Gasteiger partial charge in [-0.25, -0.2) is 0 Å². The van der Waals surface area contributed by atoms with Crippen LogP contribution in [-0.4, -0.2) is 29.2 Å². The van der Waals surface area contributed by atoms with Crippen LogP contribution in [0.1, 0.15) is 13.8 Å². The van der Waals surface area contributed by atoms with Crippen LogP contribution in [0.3, 0.4) is 0 Å². The largest absolute Gasteiger partial charge is 0.507 e. The third-order valence-corrected chi connectivity index (χ3v) is 2.79. The predicted octanol–water partition coefficient (Wildman–Crippen LogP) is 2.91. The summed E-state index contributed by atoms with van der Waals surface area (Å²) >= 11 is 1.48. The van der Waals surface area contributed by atoms with E-state index in [0.29, 0.717) is 0 Å². The first kappa shape index (κ1) is 14.7. The van der Waals surface area contributed by atoms with Gasteiger partial charge in [-0.3, -0.25) is 9.79 Å². The van der Waals surface area contributed by atoms with Gasteiger partial charge in [-0.2, -0.15) is 0 Å². The molecule has 0 heterocycles. The van der Waals surface area contributed by atoms with Gasteiger partial charge in [0.25, 0.3) is 0 Å². The predicted molar refractivity (Wildman–Crippen MR) is 71.2 cm³/mol. The van der Waals surface area contributed by atoms with Crippen LogP contribution in [0, 0.1) is 0 Å². The highest BCUT2D eigenvalue weighted by atomic mass is 32.2. The zero-order chi connectivity index (χ0) is 12.7. The Morgan fingerprint density at radius 2 is 2.06 bits per heavy atom. The summed E-state index contributed by atoms with van der Waals surface area (Å²) in [4.78, 5) is 15.1. The number of allylic oxidation sites excluding steroid dienone is 3. The number of thioether (sulfide) groups is 1. The first-order valence-corrected chi connectivity index (χ1v) is 5.98. The number of aliphatic imine (C=N–C) groups is 1. The quantitative estimate of drug-likeness (QED) is 0.270. The monoisotopic (exact) mass is 239 g/mol. The van der Waals surface area contributed by atoms with Crippen LogP contribution in [0.25, 0.3) is 0 Å². The minimum Gasteiger partial charge on any atom is -0.507 e. The first-order chi connectivity index (χ1) is 7.47. The molecule has 3 nitrogen and oxygen atoms in total. The van der Waals surface area contributed by atoms with Crippen molar-refractivity contribution < 1.29 is 9.90 Å². The van der Waals surface area contributed by atoms with Gasteiger partial charge in [-0.05, 0) is 26.2 Å². The zero-order valence-electron chi connectivity index (χ0n) is 10.1. The lowest BCUT2D eigenvalue weighted by Gasteiger charge is -2.05. The SMILES string of the molecule is C=C(C(C)=O)\C(O)=C/C(=C\C)C(=N/C)/SC. The molecule has 0 aromatic heterocycles. The van der Waals surface area contributed by atoms with E-state index >= 15 is 0 Å². The van der Waals surface area contributed by atoms with Crippen molar-refractivity contribution in [2.24, 2.45) is 4.99 Å². The second kappa shape index (κ2) is 7.06. The number of hydrogen-bond donors (Lipinski definition) is 1. The second-order valence-corrected chi connectivity index (χ2v) is 3.84. The fourth-order valence-electron chi connectivity index (χ4n) is 1.02. The average Bonchev–Trinajstić information content (AvgIpc) is 2.27. The first-order valence-electron chi connectivity index (χ1n) is 4.76. The summed E-state index contributed by atoms with van der Waals surface area (Å²) in [7, 11) is 1.68. The number of carbonyl (C=O) groups excluding carboxylic acids is 1. The van der Waals surface area contributed by atoms with Crippen molar-refractivity contribution in [1.82, 2.24) is 0 Å². The maximum absolute atomic E-state index is 11.0. The van der Waals surface area contributed by atoms with E-state index in [1.165, 1.54) is 24.8 Å². The van der Waals surface area contributed by atoms with Gasteiger partial charge < -0.3 is 5.11 Å². The zero-order valence-corrected chi connectivity index (χ0v) is 10.9. The Bertz CT molecular complexity index is 378. The minimum atomic E-state index is -0.247. The summed E-state index contributed by atoms with van der Waals surface area (Å²) in [5.74, 6) is -0.362. The summed E-state index contributed by atoms with van der Waals surface area (Å²) in [5, 5.41) is 10.5. The summed E-state index contributed by atoms with van der Waals surface area (Å²) in [6, 6.07) is 0. The molecule has 0 rings (SSSR count). The average molecular weight is 239 g/mol. The minimum absolute atomic E-state index is 0.107. The molecule has 0 bridgehead atoms. The van der Waals surface area contributed by atoms with Gasteiger partial charge in [-0.1, -0.05) is 12.7 Å². The Morgan fingerprint density at radius 1 is 1.50 bits per heavy atom. The van der Waals surface area contributed by atoms with E-state index in [0.717, 1.165) is 10.6 Å². The van der Waals surface area contributed by atoms with E-state index in [-0.39, 0.29) is 17.1 Å². The highest BCUT2D eigenvalue weighted by Crippen LogP contribution is 2.15. The number of hydrogen-bond acceptors (Lipinski definition) is 4. The van der Waals surface area contributed by atoms with Crippen LogP contribution in [0.15, 0.2) is 40.6 Å². The molecular formula is C12H17NO2S. The molecule has 0 saturated carbocycles. The Morgan fingerprint density at radius 3 is 2.38 bits per heavy atom. The topological polar surface area (TPSA) is 49.7 Å². The van der Waals surface area contributed by atoms with Crippen LogP contribution in [0.4, 0.5) is 0 Å². The number of Topliss-reactive ketones (excluding diaryl/α,β-unsaturated/α-hetero) is 1. The molecule has 16 heavy (non-hydrogen) atoms. The molecule has 0 spiro atoms. The highest BCUT2D eigenvalue weighted by Gasteiger charge is 2.08. The Labute approximate surface area is 101 Å². The molecule has 4 heteroatoms. The van der Waals surface area contributed by atoms with Crippen LogP contribution < -0.4 is 0 Å². The number of carbonyl (C=O) groups is 1. The van der Waals surface area contributed by atoms with E-state index in [4.69, 9.17) is 0 Å². The van der Waals surface area contributed by atoms with Crippen LogP contribution in [0.2, 0.25) is 0 Å². The molecule has 0 fully saturated rings. The van der Waals surface area contributed by atoms with Gasteiger partial charge in [0.05, 0.1) is 10.6 Å². The number of aliphatic hydroxyl groups is 1. The molecule has 0 aromatic rings. The molecule has 0 aliphatic carbocycles. The second-order valence-electron chi connectivity index (χ2n) is 3.04. The van der Waals surface area contributed by atoms with E-state index in [1.807, 2.05) is 19.3 Å². The van der Waals surface area contributed by atoms with Gasteiger partial charge in [0.15, 0.2) is 5.78 Å². The number of aliphatic hydroxyl groups excluding tert-OH is 1. The van der Waals surface area contributed by atoms with Gasteiger partial charge in [0, 0.05) is 12.6 Å². The third-order valence-electron chi connectivity index (χ3n) is 1.98. The van der Waals surface area contributed by atoms with Crippen LogP contribution >= 0.6 is 11.8 Å². The molecular weight excluding hydrogens is 222 g/mol. The molecule has 0 aromatic carbocycles. The number of ketones is 1. The summed E-state index contributed by atoms with van der Waals surface area (Å²) in [6.45, 7) is 6.72. The fraction of sp³-hybridized carbons (Fsp3) is 0.333. The maximum atomic E-state index is 11.0. The highest BCUT2D eigenvalue weighted by molar-refractivity contribution is 8.13. The van der Waals surface area contributed by atoms with Gasteiger partial charge in [0.2, 0.25) is 0 Å². The van der Waals surface area contributed by atoms with E-state index in [1.54, 1.807) is 7.05 Å². The van der Waals surface area contributed by atoms with Crippen LogP contribution in [0.5, 0.6) is 0 Å². The molecule has 0 atom stereocenters. The fourth-order valence-corrected chi connectivity index (χ4v) is 1.62. The van der Waals surface area contributed by atoms with Gasteiger partial charge in [-0.15, -0.1) is 11.8 Å². The van der Waals surface area contributed by atoms with Crippen molar-refractivity contribution in [3.05, 3.63) is 35.6 Å². The van der Waals surface area contributed by atoms with Crippen LogP contribution in [-0.2, 0) is 4.79 Å². The number of rotatable bonds is 4. The molecule has 0 unspecified atom stereocenters. The summed E-state index contributed by atoms with van der Waals surface area (Å²) in [5.41, 5.74) is 0.880. The molecule has 0 aliphatic rings.